The van der Waals surface area contributed by atoms with Gasteiger partial charge in [-0.3, -0.25) is 25.1 Å². The predicted octanol–water partition coefficient (Wildman–Crippen LogP) is 1.48. The summed E-state index contributed by atoms with van der Waals surface area (Å²) in [6, 6.07) is 3.54. The number of hydrogen-bond donors (Lipinski definition) is 1. The molecule has 1 aromatic carbocycles. The molecule has 1 rings (SSSR count). The zero-order valence-corrected chi connectivity index (χ0v) is 10.8. The maximum Gasteiger partial charge on any atom is 0.280 e. The zero-order chi connectivity index (χ0) is 15.1. The highest BCUT2D eigenvalue weighted by Gasteiger charge is 2.20. The van der Waals surface area contributed by atoms with Crippen molar-refractivity contribution in [2.24, 2.45) is 0 Å². The fraction of sp³-hybridized carbons (Fsp3) is 0.333. The van der Waals surface area contributed by atoms with Crippen LogP contribution in [0.4, 0.5) is 11.4 Å². The second-order valence-electron chi connectivity index (χ2n) is 4.07. The summed E-state index contributed by atoms with van der Waals surface area (Å²) in [5.74, 6) is 0. The van der Waals surface area contributed by atoms with Crippen molar-refractivity contribution in [2.45, 2.75) is 6.54 Å². The molecule has 20 heavy (non-hydrogen) atoms. The third kappa shape index (κ3) is 4.11. The first-order valence-corrected chi connectivity index (χ1v) is 5.85. The second kappa shape index (κ2) is 7.31. The van der Waals surface area contributed by atoms with Crippen molar-refractivity contribution < 1.29 is 15.0 Å². The Hall–Kier alpha value is -2.32. The summed E-state index contributed by atoms with van der Waals surface area (Å²) in [7, 11) is 0. The highest BCUT2D eigenvalue weighted by atomic mass is 16.6. The van der Waals surface area contributed by atoms with Gasteiger partial charge in [0.1, 0.15) is 0 Å². The van der Waals surface area contributed by atoms with Gasteiger partial charge in [-0.2, -0.15) is 0 Å². The van der Waals surface area contributed by atoms with E-state index in [0.29, 0.717) is 18.7 Å². The van der Waals surface area contributed by atoms with Crippen LogP contribution in [0.3, 0.4) is 0 Å². The summed E-state index contributed by atoms with van der Waals surface area (Å²) in [5.41, 5.74) is -0.264. The Bertz CT molecular complexity index is 518. The summed E-state index contributed by atoms with van der Waals surface area (Å²) in [4.78, 5) is 22.1. The van der Waals surface area contributed by atoms with Crippen molar-refractivity contribution in [1.82, 2.24) is 4.90 Å². The van der Waals surface area contributed by atoms with Crippen LogP contribution in [0.25, 0.3) is 0 Å². The Morgan fingerprint density at radius 1 is 1.30 bits per heavy atom. The average Bonchev–Trinajstić information content (AvgIpc) is 2.39. The Balaban J connectivity index is 3.06. The maximum absolute atomic E-state index is 11.0. The topological polar surface area (TPSA) is 110 Å². The van der Waals surface area contributed by atoms with Gasteiger partial charge in [-0.25, -0.2) is 0 Å². The van der Waals surface area contributed by atoms with E-state index in [4.69, 9.17) is 5.11 Å². The molecule has 8 nitrogen and oxygen atoms in total. The summed E-state index contributed by atoms with van der Waals surface area (Å²) in [6.07, 6.45) is 1.62. The number of rotatable bonds is 8. The van der Waals surface area contributed by atoms with E-state index in [-0.39, 0.29) is 24.5 Å². The van der Waals surface area contributed by atoms with Gasteiger partial charge >= 0.3 is 0 Å². The van der Waals surface area contributed by atoms with Crippen LogP contribution in [-0.4, -0.2) is 39.5 Å². The molecule has 0 unspecified atom stereocenters. The Labute approximate surface area is 115 Å². The molecule has 0 aliphatic heterocycles. The number of aliphatic hydroxyl groups is 1. The first-order valence-electron chi connectivity index (χ1n) is 5.85. The van der Waals surface area contributed by atoms with E-state index in [0.717, 1.165) is 6.07 Å². The molecular weight excluding hydrogens is 266 g/mol. The van der Waals surface area contributed by atoms with Crippen LogP contribution in [0, 0.1) is 20.2 Å². The van der Waals surface area contributed by atoms with Crippen molar-refractivity contribution in [3.05, 3.63) is 56.6 Å². The van der Waals surface area contributed by atoms with Crippen molar-refractivity contribution >= 4 is 11.4 Å². The molecule has 8 heteroatoms. The van der Waals surface area contributed by atoms with E-state index in [2.05, 4.69) is 6.58 Å². The SMILES string of the molecule is C=CCN(CCO)Cc1ccc([N+](=O)[O-])cc1[N+](=O)[O-]. The molecule has 0 bridgehead atoms. The van der Waals surface area contributed by atoms with Crippen molar-refractivity contribution in [3.63, 3.8) is 0 Å². The molecule has 1 N–H and O–H groups in total. The van der Waals surface area contributed by atoms with Gasteiger partial charge in [0.2, 0.25) is 0 Å². The maximum atomic E-state index is 11.0. The van der Waals surface area contributed by atoms with Crippen molar-refractivity contribution in [1.29, 1.82) is 0 Å². The largest absolute Gasteiger partial charge is 0.395 e. The number of hydrogen-bond acceptors (Lipinski definition) is 6. The smallest absolute Gasteiger partial charge is 0.280 e. The van der Waals surface area contributed by atoms with Gasteiger partial charge in [0.05, 0.1) is 22.5 Å². The van der Waals surface area contributed by atoms with Crippen LogP contribution in [0.15, 0.2) is 30.9 Å². The predicted molar refractivity (Wildman–Crippen MR) is 72.3 cm³/mol. The molecule has 0 aromatic heterocycles. The van der Waals surface area contributed by atoms with E-state index < -0.39 is 9.85 Å². The lowest BCUT2D eigenvalue weighted by molar-refractivity contribution is -0.394. The van der Waals surface area contributed by atoms with Crippen LogP contribution >= 0.6 is 0 Å². The second-order valence-corrected chi connectivity index (χ2v) is 4.07. The quantitative estimate of drug-likeness (QED) is 0.439. The minimum absolute atomic E-state index is 0.0887. The minimum Gasteiger partial charge on any atom is -0.395 e. The van der Waals surface area contributed by atoms with E-state index >= 15 is 0 Å². The number of benzene rings is 1. The minimum atomic E-state index is -0.675. The molecular formula is C12H15N3O5. The van der Waals surface area contributed by atoms with Crippen LogP contribution in [-0.2, 0) is 6.54 Å². The number of nitro groups is 2. The fourth-order valence-electron chi connectivity index (χ4n) is 1.77. The first kappa shape index (κ1) is 15.7. The van der Waals surface area contributed by atoms with Crippen LogP contribution in [0.1, 0.15) is 5.56 Å². The highest BCUT2D eigenvalue weighted by molar-refractivity contribution is 5.49. The Kier molecular flexibility index (Phi) is 5.75. The van der Waals surface area contributed by atoms with Crippen molar-refractivity contribution in [3.8, 4) is 0 Å². The Morgan fingerprint density at radius 3 is 2.50 bits per heavy atom. The van der Waals surface area contributed by atoms with Crippen LogP contribution in [0.5, 0.6) is 0 Å². The average molecular weight is 281 g/mol. The molecule has 0 heterocycles. The zero-order valence-electron chi connectivity index (χ0n) is 10.8. The molecule has 1 aromatic rings. The summed E-state index contributed by atoms with van der Waals surface area (Å²) < 4.78 is 0. The lowest BCUT2D eigenvalue weighted by Crippen LogP contribution is -2.26. The van der Waals surface area contributed by atoms with Crippen LogP contribution < -0.4 is 0 Å². The van der Waals surface area contributed by atoms with Gasteiger partial charge in [-0.15, -0.1) is 6.58 Å². The van der Waals surface area contributed by atoms with E-state index in [1.165, 1.54) is 12.1 Å². The molecule has 0 radical (unpaired) electrons. The third-order valence-electron chi connectivity index (χ3n) is 2.67. The third-order valence-corrected chi connectivity index (χ3v) is 2.67. The molecule has 108 valence electrons. The van der Waals surface area contributed by atoms with Gasteiger partial charge in [0.25, 0.3) is 11.4 Å². The summed E-state index contributed by atoms with van der Waals surface area (Å²) in [5, 5.41) is 30.6. The van der Waals surface area contributed by atoms with Gasteiger partial charge in [-0.05, 0) is 6.07 Å². The number of non-ortho nitro benzene ring substituents is 1. The number of nitro benzene ring substituents is 2. The molecule has 0 fully saturated rings. The van der Waals surface area contributed by atoms with E-state index in [1.54, 1.807) is 11.0 Å². The molecule has 0 aliphatic carbocycles. The van der Waals surface area contributed by atoms with E-state index in [1.807, 2.05) is 0 Å². The van der Waals surface area contributed by atoms with Gasteiger partial charge in [0.15, 0.2) is 0 Å². The number of nitrogens with zero attached hydrogens (tertiary/aromatic N) is 3. The van der Waals surface area contributed by atoms with Gasteiger partial charge < -0.3 is 5.11 Å². The standard InChI is InChI=1S/C12H15N3O5/c1-2-5-13(6-7-16)9-10-3-4-11(14(17)18)8-12(10)15(19)20/h2-4,8,16H,1,5-7,9H2. The monoisotopic (exact) mass is 281 g/mol. The summed E-state index contributed by atoms with van der Waals surface area (Å²) >= 11 is 0. The molecule has 0 saturated heterocycles. The molecule has 0 atom stereocenters. The highest BCUT2D eigenvalue weighted by Crippen LogP contribution is 2.25. The van der Waals surface area contributed by atoms with Gasteiger partial charge in [0, 0.05) is 31.3 Å². The number of aliphatic hydroxyl groups excluding tert-OH is 1. The molecule has 0 saturated carbocycles. The molecule has 0 amide bonds. The molecule has 0 aliphatic rings. The lowest BCUT2D eigenvalue weighted by atomic mass is 10.1. The summed E-state index contributed by atoms with van der Waals surface area (Å²) in [6.45, 7) is 4.48. The van der Waals surface area contributed by atoms with Crippen molar-refractivity contribution in [2.75, 3.05) is 19.7 Å². The lowest BCUT2D eigenvalue weighted by Gasteiger charge is -2.19. The van der Waals surface area contributed by atoms with E-state index in [9.17, 15) is 20.2 Å². The van der Waals surface area contributed by atoms with Gasteiger partial charge in [-0.1, -0.05) is 6.08 Å². The normalized spacial score (nSPS) is 10.5. The Morgan fingerprint density at radius 2 is 2.00 bits per heavy atom. The molecule has 0 spiro atoms. The van der Waals surface area contributed by atoms with Crippen LogP contribution in [0.2, 0.25) is 0 Å². The fourth-order valence-corrected chi connectivity index (χ4v) is 1.77. The first-order chi connectivity index (χ1) is 9.49.